The molecule has 33 heavy (non-hydrogen) atoms. The summed E-state index contributed by atoms with van der Waals surface area (Å²) in [5.74, 6) is -0.926. The molecule has 0 spiro atoms. The van der Waals surface area contributed by atoms with Gasteiger partial charge in [-0.05, 0) is 41.8 Å². The van der Waals surface area contributed by atoms with Gasteiger partial charge in [-0.1, -0.05) is 24.3 Å². The maximum Gasteiger partial charge on any atom is 0.258 e. The first-order valence-electron chi connectivity index (χ1n) is 10.5. The summed E-state index contributed by atoms with van der Waals surface area (Å²) in [6, 6.07) is 12.2. The molecule has 4 aromatic rings. The van der Waals surface area contributed by atoms with Crippen LogP contribution in [0.3, 0.4) is 0 Å². The van der Waals surface area contributed by atoms with Gasteiger partial charge in [-0.3, -0.25) is 9.48 Å². The molecule has 2 heterocycles. The van der Waals surface area contributed by atoms with Gasteiger partial charge in [0.25, 0.3) is 5.91 Å². The van der Waals surface area contributed by atoms with Gasteiger partial charge in [-0.2, -0.15) is 0 Å². The van der Waals surface area contributed by atoms with E-state index in [0.717, 1.165) is 13.0 Å². The van der Waals surface area contributed by atoms with Gasteiger partial charge in [0.1, 0.15) is 23.8 Å². The Morgan fingerprint density at radius 2 is 1.82 bits per heavy atom. The highest BCUT2D eigenvalue weighted by Crippen LogP contribution is 2.19. The number of nitrogens with one attached hydrogen (secondary N) is 1. The molecule has 0 aliphatic heterocycles. The molecular formula is C24H23F2N5O2. The highest BCUT2D eigenvalue weighted by atomic mass is 19.1. The van der Waals surface area contributed by atoms with E-state index < -0.39 is 0 Å². The van der Waals surface area contributed by atoms with Crippen LogP contribution in [0.2, 0.25) is 0 Å². The summed E-state index contributed by atoms with van der Waals surface area (Å²) in [5, 5.41) is 7.24. The Bertz CT molecular complexity index is 1210. The van der Waals surface area contributed by atoms with E-state index >= 15 is 0 Å². The molecule has 2 aromatic carbocycles. The fourth-order valence-electron chi connectivity index (χ4n) is 3.33. The van der Waals surface area contributed by atoms with Gasteiger partial charge in [0.05, 0.1) is 12.9 Å². The third kappa shape index (κ3) is 6.25. The third-order valence-corrected chi connectivity index (χ3v) is 4.91. The van der Waals surface area contributed by atoms with Crippen LogP contribution in [0.25, 0.3) is 0 Å². The second-order valence-corrected chi connectivity index (χ2v) is 7.50. The molecule has 2 aromatic heterocycles. The second kappa shape index (κ2) is 10.5. The van der Waals surface area contributed by atoms with E-state index in [2.05, 4.69) is 15.4 Å². The van der Waals surface area contributed by atoms with Gasteiger partial charge in [-0.15, -0.1) is 5.10 Å². The molecule has 0 saturated heterocycles. The second-order valence-electron chi connectivity index (χ2n) is 7.50. The van der Waals surface area contributed by atoms with Crippen molar-refractivity contribution in [1.29, 1.82) is 0 Å². The van der Waals surface area contributed by atoms with Crippen LogP contribution in [-0.4, -0.2) is 31.8 Å². The lowest BCUT2D eigenvalue weighted by Crippen LogP contribution is -2.25. The Morgan fingerprint density at radius 3 is 2.55 bits per heavy atom. The Morgan fingerprint density at radius 1 is 1.06 bits per heavy atom. The van der Waals surface area contributed by atoms with Gasteiger partial charge in [0.2, 0.25) is 5.88 Å². The Balaban J connectivity index is 1.45. The number of aryl methyl sites for hydroxylation is 1. The molecule has 4 rings (SSSR count). The first-order chi connectivity index (χ1) is 16.1. The standard InChI is InChI=1S/C24H23F2N5O2/c25-20-6-1-4-18(12-20)14-31-15-22(23(32)28-8-3-10-30-11-9-27-17-30)24(29-31)33-16-19-5-2-7-21(26)13-19/h1-2,4-7,9,11-13,15,17H,3,8,10,14,16H2,(H,28,32). The van der Waals surface area contributed by atoms with E-state index in [1.807, 2.05) is 10.8 Å². The average Bonchev–Trinajstić information content (AvgIpc) is 3.45. The molecule has 9 heteroatoms. The molecule has 7 nitrogen and oxygen atoms in total. The topological polar surface area (TPSA) is 74.0 Å². The van der Waals surface area contributed by atoms with Crippen LogP contribution >= 0.6 is 0 Å². The molecule has 0 radical (unpaired) electrons. The SMILES string of the molecule is O=C(NCCCn1ccnc1)c1cn(Cc2cccc(F)c2)nc1OCc1cccc(F)c1. The first-order valence-corrected chi connectivity index (χ1v) is 10.5. The Hall–Kier alpha value is -4.01. The maximum absolute atomic E-state index is 13.5. The summed E-state index contributed by atoms with van der Waals surface area (Å²) >= 11 is 0. The van der Waals surface area contributed by atoms with Gasteiger partial charge in [0.15, 0.2) is 0 Å². The van der Waals surface area contributed by atoms with Gasteiger partial charge in [-0.25, -0.2) is 13.8 Å². The van der Waals surface area contributed by atoms with Crippen molar-refractivity contribution in [1.82, 2.24) is 24.6 Å². The largest absolute Gasteiger partial charge is 0.471 e. The van der Waals surface area contributed by atoms with E-state index in [1.165, 1.54) is 28.9 Å². The molecule has 0 aliphatic rings. The van der Waals surface area contributed by atoms with E-state index in [1.54, 1.807) is 43.0 Å². The van der Waals surface area contributed by atoms with Crippen LogP contribution in [0, 0.1) is 11.6 Å². The number of imidazole rings is 1. The van der Waals surface area contributed by atoms with Crippen LogP contribution in [-0.2, 0) is 19.7 Å². The molecule has 0 aliphatic carbocycles. The van der Waals surface area contributed by atoms with Crippen LogP contribution in [0.5, 0.6) is 5.88 Å². The molecule has 0 atom stereocenters. The number of amides is 1. The average molecular weight is 451 g/mol. The number of halogens is 2. The zero-order valence-electron chi connectivity index (χ0n) is 17.8. The number of benzene rings is 2. The summed E-state index contributed by atoms with van der Waals surface area (Å²) in [7, 11) is 0. The van der Waals surface area contributed by atoms with Crippen molar-refractivity contribution >= 4 is 5.91 Å². The normalized spacial score (nSPS) is 10.8. The number of rotatable bonds is 10. The number of ether oxygens (including phenoxy) is 1. The minimum absolute atomic E-state index is 0.0512. The van der Waals surface area contributed by atoms with Gasteiger partial charge >= 0.3 is 0 Å². The highest BCUT2D eigenvalue weighted by molar-refractivity contribution is 5.96. The van der Waals surface area contributed by atoms with Gasteiger partial charge in [0, 0.05) is 31.7 Å². The summed E-state index contributed by atoms with van der Waals surface area (Å²) in [5.41, 5.74) is 1.56. The van der Waals surface area contributed by atoms with E-state index in [-0.39, 0.29) is 42.1 Å². The number of hydrogen-bond donors (Lipinski definition) is 1. The van der Waals surface area contributed by atoms with E-state index in [9.17, 15) is 13.6 Å². The lowest BCUT2D eigenvalue weighted by atomic mass is 10.2. The third-order valence-electron chi connectivity index (χ3n) is 4.91. The Kier molecular flexibility index (Phi) is 7.09. The van der Waals surface area contributed by atoms with Crippen molar-refractivity contribution in [2.24, 2.45) is 0 Å². The smallest absolute Gasteiger partial charge is 0.258 e. The molecule has 170 valence electrons. The molecular weight excluding hydrogens is 428 g/mol. The Labute approximate surface area is 189 Å². The van der Waals surface area contributed by atoms with Gasteiger partial charge < -0.3 is 14.6 Å². The van der Waals surface area contributed by atoms with E-state index in [0.29, 0.717) is 17.7 Å². The summed E-state index contributed by atoms with van der Waals surface area (Å²) in [4.78, 5) is 16.8. The fraction of sp³-hybridized carbons (Fsp3) is 0.208. The van der Waals surface area contributed by atoms with Crippen molar-refractivity contribution in [3.05, 3.63) is 102 Å². The first kappa shape index (κ1) is 22.2. The van der Waals surface area contributed by atoms with Crippen molar-refractivity contribution < 1.29 is 18.3 Å². The van der Waals surface area contributed by atoms with E-state index in [4.69, 9.17) is 4.74 Å². The minimum atomic E-state index is -0.372. The highest BCUT2D eigenvalue weighted by Gasteiger charge is 2.18. The molecule has 0 unspecified atom stereocenters. The van der Waals surface area contributed by atoms with Crippen LogP contribution in [0.15, 0.2) is 73.4 Å². The molecule has 0 bridgehead atoms. The zero-order valence-corrected chi connectivity index (χ0v) is 17.8. The molecule has 0 fully saturated rings. The lowest BCUT2D eigenvalue weighted by Gasteiger charge is -2.07. The number of carbonyl (C=O) groups is 1. The number of carbonyl (C=O) groups excluding carboxylic acids is 1. The fourth-order valence-corrected chi connectivity index (χ4v) is 3.33. The van der Waals surface area contributed by atoms with Crippen LogP contribution in [0.1, 0.15) is 27.9 Å². The molecule has 0 saturated carbocycles. The summed E-state index contributed by atoms with van der Waals surface area (Å²) in [6.45, 7) is 1.50. The van der Waals surface area contributed by atoms with Crippen LogP contribution < -0.4 is 10.1 Å². The number of hydrogen-bond acceptors (Lipinski definition) is 4. The van der Waals surface area contributed by atoms with Crippen LogP contribution in [0.4, 0.5) is 8.78 Å². The minimum Gasteiger partial charge on any atom is -0.471 e. The van der Waals surface area contributed by atoms with Crippen molar-refractivity contribution in [3.63, 3.8) is 0 Å². The molecule has 1 amide bonds. The number of aromatic nitrogens is 4. The monoisotopic (exact) mass is 451 g/mol. The predicted molar refractivity (Wildman–Crippen MR) is 118 cm³/mol. The zero-order chi connectivity index (χ0) is 23.0. The lowest BCUT2D eigenvalue weighted by molar-refractivity contribution is 0.0948. The van der Waals surface area contributed by atoms with Crippen molar-refractivity contribution in [2.45, 2.75) is 26.1 Å². The summed E-state index contributed by atoms with van der Waals surface area (Å²) in [6.07, 6.45) is 7.57. The number of nitrogens with zero attached hydrogens (tertiary/aromatic N) is 4. The predicted octanol–water partition coefficient (Wildman–Crippen LogP) is 3.81. The van der Waals surface area contributed by atoms with Crippen molar-refractivity contribution in [3.8, 4) is 5.88 Å². The maximum atomic E-state index is 13.5. The summed E-state index contributed by atoms with van der Waals surface area (Å²) < 4.78 is 36.2. The molecule has 1 N–H and O–H groups in total. The van der Waals surface area contributed by atoms with Crippen molar-refractivity contribution in [2.75, 3.05) is 6.54 Å². The quantitative estimate of drug-likeness (QED) is 0.372.